The maximum atomic E-state index is 11.9. The first-order chi connectivity index (χ1) is 8.38. The molecule has 0 radical (unpaired) electrons. The Morgan fingerprint density at radius 2 is 1.89 bits per heavy atom. The average Bonchev–Trinajstić information content (AvgIpc) is 2.36. The van der Waals surface area contributed by atoms with Gasteiger partial charge in [-0.05, 0) is 19.4 Å². The standard InChI is InChI=1S/C13H18N2O3/c1-13(2,8-14)12(18)15-10(11(16)17)9-6-4-3-5-7-9/h3-7,10H,8,14H2,1-2H3,(H,15,18)(H,16,17)/t10-/m1/s1. The number of nitrogens with one attached hydrogen (secondary N) is 1. The van der Waals surface area contributed by atoms with Crippen LogP contribution in [0, 0.1) is 5.41 Å². The van der Waals surface area contributed by atoms with Gasteiger partial charge in [-0.15, -0.1) is 0 Å². The molecule has 0 heterocycles. The molecule has 0 saturated carbocycles. The molecule has 0 aliphatic rings. The van der Waals surface area contributed by atoms with E-state index in [-0.39, 0.29) is 12.5 Å². The van der Waals surface area contributed by atoms with E-state index in [0.717, 1.165) is 0 Å². The molecule has 0 aromatic heterocycles. The molecule has 0 spiro atoms. The molecule has 1 atom stereocenters. The number of carboxylic acids is 1. The average molecular weight is 250 g/mol. The first-order valence-corrected chi connectivity index (χ1v) is 5.67. The van der Waals surface area contributed by atoms with Gasteiger partial charge in [-0.3, -0.25) is 4.79 Å². The Morgan fingerprint density at radius 3 is 2.33 bits per heavy atom. The number of hydrogen-bond acceptors (Lipinski definition) is 3. The van der Waals surface area contributed by atoms with E-state index in [0.29, 0.717) is 5.56 Å². The molecule has 0 aliphatic carbocycles. The molecule has 0 bridgehead atoms. The number of amides is 1. The first kappa shape index (κ1) is 14.2. The van der Waals surface area contributed by atoms with Gasteiger partial charge in [0, 0.05) is 6.54 Å². The summed E-state index contributed by atoms with van der Waals surface area (Å²) in [4.78, 5) is 23.1. The van der Waals surface area contributed by atoms with Crippen LogP contribution in [-0.2, 0) is 9.59 Å². The van der Waals surface area contributed by atoms with Crippen LogP contribution in [0.2, 0.25) is 0 Å². The summed E-state index contributed by atoms with van der Waals surface area (Å²) in [6.45, 7) is 3.50. The Balaban J connectivity index is 2.90. The molecule has 1 aromatic carbocycles. The second-order valence-electron chi connectivity index (χ2n) is 4.74. The number of benzene rings is 1. The summed E-state index contributed by atoms with van der Waals surface area (Å²) < 4.78 is 0. The van der Waals surface area contributed by atoms with E-state index >= 15 is 0 Å². The molecule has 1 aromatic rings. The van der Waals surface area contributed by atoms with Gasteiger partial charge in [0.05, 0.1) is 5.41 Å². The van der Waals surface area contributed by atoms with Crippen LogP contribution in [0.4, 0.5) is 0 Å². The summed E-state index contributed by atoms with van der Waals surface area (Å²) in [5, 5.41) is 11.7. The zero-order valence-corrected chi connectivity index (χ0v) is 10.5. The molecule has 0 saturated heterocycles. The van der Waals surface area contributed by atoms with Crippen LogP contribution in [0.15, 0.2) is 30.3 Å². The summed E-state index contributed by atoms with van der Waals surface area (Å²) in [6.07, 6.45) is 0. The van der Waals surface area contributed by atoms with Crippen molar-refractivity contribution in [1.82, 2.24) is 5.32 Å². The van der Waals surface area contributed by atoms with E-state index in [9.17, 15) is 9.59 Å². The monoisotopic (exact) mass is 250 g/mol. The van der Waals surface area contributed by atoms with Crippen molar-refractivity contribution in [3.8, 4) is 0 Å². The highest BCUT2D eigenvalue weighted by atomic mass is 16.4. The predicted molar refractivity (Wildman–Crippen MR) is 67.8 cm³/mol. The Labute approximate surface area is 106 Å². The van der Waals surface area contributed by atoms with Crippen LogP contribution in [0.5, 0.6) is 0 Å². The summed E-state index contributed by atoms with van der Waals surface area (Å²) in [5.41, 5.74) is 5.23. The van der Waals surface area contributed by atoms with E-state index < -0.39 is 17.4 Å². The van der Waals surface area contributed by atoms with E-state index in [1.165, 1.54) is 0 Å². The van der Waals surface area contributed by atoms with Crippen LogP contribution in [0.25, 0.3) is 0 Å². The molecule has 1 amide bonds. The molecule has 0 unspecified atom stereocenters. The van der Waals surface area contributed by atoms with Crippen LogP contribution in [0.3, 0.4) is 0 Å². The molecule has 0 fully saturated rings. The largest absolute Gasteiger partial charge is 0.479 e. The second-order valence-corrected chi connectivity index (χ2v) is 4.74. The SMILES string of the molecule is CC(C)(CN)C(=O)N[C@@H](C(=O)O)c1ccccc1. The lowest BCUT2D eigenvalue weighted by atomic mass is 9.92. The highest BCUT2D eigenvalue weighted by Crippen LogP contribution is 2.18. The van der Waals surface area contributed by atoms with Crippen molar-refractivity contribution >= 4 is 11.9 Å². The van der Waals surface area contributed by atoms with Crippen molar-refractivity contribution in [2.75, 3.05) is 6.54 Å². The van der Waals surface area contributed by atoms with Gasteiger partial charge < -0.3 is 16.2 Å². The minimum absolute atomic E-state index is 0.153. The number of nitrogens with two attached hydrogens (primary N) is 1. The Bertz CT molecular complexity index is 429. The number of carboxylic acid groups (broad SMARTS) is 1. The number of hydrogen-bond donors (Lipinski definition) is 3. The summed E-state index contributed by atoms with van der Waals surface area (Å²) in [5.74, 6) is -1.47. The zero-order chi connectivity index (χ0) is 13.8. The van der Waals surface area contributed by atoms with E-state index in [1.807, 2.05) is 0 Å². The van der Waals surface area contributed by atoms with Crippen molar-refractivity contribution in [3.05, 3.63) is 35.9 Å². The minimum Gasteiger partial charge on any atom is -0.479 e. The Morgan fingerprint density at radius 1 is 1.33 bits per heavy atom. The number of carbonyl (C=O) groups excluding carboxylic acids is 1. The van der Waals surface area contributed by atoms with Crippen LogP contribution in [-0.4, -0.2) is 23.5 Å². The van der Waals surface area contributed by atoms with E-state index in [2.05, 4.69) is 5.32 Å². The third kappa shape index (κ3) is 3.30. The molecular formula is C13H18N2O3. The van der Waals surface area contributed by atoms with Crippen molar-refractivity contribution in [2.45, 2.75) is 19.9 Å². The number of rotatable bonds is 5. The smallest absolute Gasteiger partial charge is 0.330 e. The van der Waals surface area contributed by atoms with Gasteiger partial charge in [-0.25, -0.2) is 4.79 Å². The van der Waals surface area contributed by atoms with Gasteiger partial charge in [0.25, 0.3) is 0 Å². The molecule has 5 heteroatoms. The fraction of sp³-hybridized carbons (Fsp3) is 0.385. The summed E-state index contributed by atoms with van der Waals surface area (Å²) in [7, 11) is 0. The third-order valence-electron chi connectivity index (χ3n) is 2.78. The summed E-state index contributed by atoms with van der Waals surface area (Å²) >= 11 is 0. The highest BCUT2D eigenvalue weighted by Gasteiger charge is 2.30. The lowest BCUT2D eigenvalue weighted by Gasteiger charge is -2.24. The topological polar surface area (TPSA) is 92.4 Å². The van der Waals surface area contributed by atoms with Gasteiger partial charge in [-0.1, -0.05) is 30.3 Å². The normalized spacial score (nSPS) is 12.8. The second kappa shape index (κ2) is 5.64. The number of aliphatic carboxylic acids is 1. The van der Waals surface area contributed by atoms with Crippen molar-refractivity contribution in [2.24, 2.45) is 11.1 Å². The third-order valence-corrected chi connectivity index (χ3v) is 2.78. The maximum Gasteiger partial charge on any atom is 0.330 e. The minimum atomic E-state index is -1.10. The Hall–Kier alpha value is -1.88. The van der Waals surface area contributed by atoms with Crippen LogP contribution >= 0.6 is 0 Å². The molecule has 98 valence electrons. The fourth-order valence-electron chi connectivity index (χ4n) is 1.35. The highest BCUT2D eigenvalue weighted by molar-refractivity contribution is 5.87. The van der Waals surface area contributed by atoms with E-state index in [4.69, 9.17) is 10.8 Å². The van der Waals surface area contributed by atoms with Gasteiger partial charge in [0.2, 0.25) is 5.91 Å². The molecule has 1 rings (SSSR count). The zero-order valence-electron chi connectivity index (χ0n) is 10.5. The molecule has 5 nitrogen and oxygen atoms in total. The molecule has 0 aliphatic heterocycles. The predicted octanol–water partition coefficient (Wildman–Crippen LogP) is 0.913. The Kier molecular flexibility index (Phi) is 4.44. The fourth-order valence-corrected chi connectivity index (χ4v) is 1.35. The quantitative estimate of drug-likeness (QED) is 0.724. The lowest BCUT2D eigenvalue weighted by Crippen LogP contribution is -2.45. The van der Waals surface area contributed by atoms with Gasteiger partial charge >= 0.3 is 5.97 Å². The van der Waals surface area contributed by atoms with Crippen molar-refractivity contribution in [1.29, 1.82) is 0 Å². The van der Waals surface area contributed by atoms with E-state index in [1.54, 1.807) is 44.2 Å². The first-order valence-electron chi connectivity index (χ1n) is 5.67. The maximum absolute atomic E-state index is 11.9. The lowest BCUT2D eigenvalue weighted by molar-refractivity contribution is -0.143. The summed E-state index contributed by atoms with van der Waals surface area (Å²) in [6, 6.07) is 7.51. The van der Waals surface area contributed by atoms with Crippen LogP contribution < -0.4 is 11.1 Å². The molecule has 4 N–H and O–H groups in total. The van der Waals surface area contributed by atoms with Gasteiger partial charge in [-0.2, -0.15) is 0 Å². The van der Waals surface area contributed by atoms with Crippen LogP contribution in [0.1, 0.15) is 25.5 Å². The molecular weight excluding hydrogens is 232 g/mol. The van der Waals surface area contributed by atoms with Gasteiger partial charge in [0.15, 0.2) is 6.04 Å². The van der Waals surface area contributed by atoms with Gasteiger partial charge in [0.1, 0.15) is 0 Å². The van der Waals surface area contributed by atoms with Crippen molar-refractivity contribution < 1.29 is 14.7 Å². The number of carbonyl (C=O) groups is 2. The molecule has 18 heavy (non-hydrogen) atoms. The van der Waals surface area contributed by atoms with Crippen molar-refractivity contribution in [3.63, 3.8) is 0 Å².